The van der Waals surface area contributed by atoms with Crippen molar-refractivity contribution in [2.45, 2.75) is 49.5 Å². The van der Waals surface area contributed by atoms with E-state index in [1.54, 1.807) is 12.1 Å². The molecule has 1 saturated heterocycles. The van der Waals surface area contributed by atoms with Gasteiger partial charge in [-0.1, -0.05) is 18.7 Å². The van der Waals surface area contributed by atoms with Crippen molar-refractivity contribution in [1.82, 2.24) is 0 Å². The molecule has 2 heterocycles. The van der Waals surface area contributed by atoms with Crippen LogP contribution in [0, 0.1) is 11.8 Å². The number of benzene rings is 1. The summed E-state index contributed by atoms with van der Waals surface area (Å²) in [6, 6.07) is 5.96. The molecule has 6 N–H and O–H groups in total. The molecule has 1 aliphatic carbocycles. The molecule has 12 heteroatoms. The SMILES string of the molecule is C=C1[C@H]2[C@H](O[C@@H]3O[C@@H](CO)[C@@H](O)[C@@H](O)[C@H]3OC(=O)C=Cc3ccc(O)cc3)OC=C(C(=O)O)[C@@H]2C[C@H]1O. The monoisotopic (exact) mass is 520 g/mol. The Labute approximate surface area is 211 Å². The molecule has 0 amide bonds. The maximum atomic E-state index is 12.5. The summed E-state index contributed by atoms with van der Waals surface area (Å²) in [4.78, 5) is 24.2. The summed E-state index contributed by atoms with van der Waals surface area (Å²) in [7, 11) is 0. The average Bonchev–Trinajstić information content (AvgIpc) is 3.17. The summed E-state index contributed by atoms with van der Waals surface area (Å²) >= 11 is 0. The van der Waals surface area contributed by atoms with Crippen LogP contribution in [0.1, 0.15) is 12.0 Å². The number of esters is 1. The molecule has 0 radical (unpaired) electrons. The number of aliphatic hydroxyl groups excluding tert-OH is 4. The maximum Gasteiger partial charge on any atom is 0.334 e. The first-order valence-electron chi connectivity index (χ1n) is 11.5. The lowest BCUT2D eigenvalue weighted by molar-refractivity contribution is -0.340. The van der Waals surface area contributed by atoms with Gasteiger partial charge in [0, 0.05) is 12.0 Å². The van der Waals surface area contributed by atoms with Gasteiger partial charge in [0.2, 0.25) is 12.6 Å². The van der Waals surface area contributed by atoms with Gasteiger partial charge in [-0.15, -0.1) is 0 Å². The number of carbonyl (C=O) groups is 2. The van der Waals surface area contributed by atoms with Gasteiger partial charge in [-0.25, -0.2) is 9.59 Å². The first-order chi connectivity index (χ1) is 17.6. The molecule has 4 rings (SSSR count). The minimum absolute atomic E-state index is 0.0459. The fourth-order valence-electron chi connectivity index (χ4n) is 4.69. The van der Waals surface area contributed by atoms with Crippen molar-refractivity contribution in [1.29, 1.82) is 0 Å². The number of carbonyl (C=O) groups excluding carboxylic acids is 1. The van der Waals surface area contributed by atoms with Crippen molar-refractivity contribution in [3.05, 3.63) is 59.9 Å². The molecule has 0 aromatic heterocycles. The van der Waals surface area contributed by atoms with Crippen LogP contribution in [-0.4, -0.2) is 92.3 Å². The van der Waals surface area contributed by atoms with Crippen LogP contribution in [0.2, 0.25) is 0 Å². The minimum atomic E-state index is -1.72. The van der Waals surface area contributed by atoms with Crippen molar-refractivity contribution >= 4 is 18.0 Å². The van der Waals surface area contributed by atoms with Crippen LogP contribution in [0.4, 0.5) is 0 Å². The Morgan fingerprint density at radius 1 is 1.11 bits per heavy atom. The summed E-state index contributed by atoms with van der Waals surface area (Å²) in [5, 5.41) is 59.7. The van der Waals surface area contributed by atoms with Crippen LogP contribution in [0.25, 0.3) is 6.08 Å². The quantitative estimate of drug-likeness (QED) is 0.156. The number of rotatable bonds is 7. The number of phenolic OH excluding ortho intramolecular Hbond substituents is 1. The normalized spacial score (nSPS) is 35.5. The molecule has 0 spiro atoms. The van der Waals surface area contributed by atoms with Crippen LogP contribution in [-0.2, 0) is 28.5 Å². The van der Waals surface area contributed by atoms with E-state index in [4.69, 9.17) is 18.9 Å². The van der Waals surface area contributed by atoms with Crippen LogP contribution >= 0.6 is 0 Å². The zero-order valence-corrected chi connectivity index (χ0v) is 19.5. The highest BCUT2D eigenvalue weighted by molar-refractivity contribution is 5.88. The summed E-state index contributed by atoms with van der Waals surface area (Å²) in [6.45, 7) is 3.14. The third-order valence-corrected chi connectivity index (χ3v) is 6.69. The number of aromatic hydroxyl groups is 1. The average molecular weight is 520 g/mol. The van der Waals surface area contributed by atoms with Gasteiger partial charge in [0.05, 0.1) is 30.5 Å². The second kappa shape index (κ2) is 11.0. The van der Waals surface area contributed by atoms with Crippen molar-refractivity contribution in [2.24, 2.45) is 11.8 Å². The molecule has 1 aromatic carbocycles. The molecule has 0 bridgehead atoms. The Kier molecular flexibility index (Phi) is 7.97. The summed E-state index contributed by atoms with van der Waals surface area (Å²) in [5.41, 5.74) is 0.782. The van der Waals surface area contributed by atoms with E-state index in [9.17, 15) is 40.2 Å². The number of phenols is 1. The predicted molar refractivity (Wildman–Crippen MR) is 123 cm³/mol. The molecule has 1 saturated carbocycles. The summed E-state index contributed by atoms with van der Waals surface area (Å²) < 4.78 is 22.3. The number of hydrogen-bond donors (Lipinski definition) is 6. The number of carboxylic acids is 1. The molecule has 3 aliphatic rings. The highest BCUT2D eigenvalue weighted by Crippen LogP contribution is 2.46. The molecule has 200 valence electrons. The minimum Gasteiger partial charge on any atom is -0.508 e. The third kappa shape index (κ3) is 5.54. The second-order valence-corrected chi connectivity index (χ2v) is 9.01. The Morgan fingerprint density at radius 3 is 2.46 bits per heavy atom. The van der Waals surface area contributed by atoms with Crippen molar-refractivity contribution < 1.29 is 59.2 Å². The van der Waals surface area contributed by atoms with E-state index in [0.717, 1.165) is 12.3 Å². The molecule has 9 atom stereocenters. The zero-order chi connectivity index (χ0) is 26.9. The van der Waals surface area contributed by atoms with Gasteiger partial charge in [-0.05, 0) is 35.8 Å². The maximum absolute atomic E-state index is 12.5. The van der Waals surface area contributed by atoms with Gasteiger partial charge in [-0.3, -0.25) is 0 Å². The van der Waals surface area contributed by atoms with E-state index < -0.39 is 73.5 Å². The van der Waals surface area contributed by atoms with Gasteiger partial charge in [-0.2, -0.15) is 0 Å². The first-order valence-corrected chi connectivity index (χ1v) is 11.5. The zero-order valence-electron chi connectivity index (χ0n) is 19.5. The Morgan fingerprint density at radius 2 is 1.81 bits per heavy atom. The smallest absolute Gasteiger partial charge is 0.334 e. The number of carboxylic acid groups (broad SMARTS) is 1. The summed E-state index contributed by atoms with van der Waals surface area (Å²) in [5.74, 6) is -3.57. The highest BCUT2D eigenvalue weighted by atomic mass is 16.8. The topological polar surface area (TPSA) is 192 Å². The van der Waals surface area contributed by atoms with Crippen molar-refractivity contribution in [2.75, 3.05) is 6.61 Å². The molecular formula is C25H28O12. The predicted octanol–water partition coefficient (Wildman–Crippen LogP) is -0.349. The van der Waals surface area contributed by atoms with Crippen LogP contribution in [0.15, 0.2) is 54.3 Å². The van der Waals surface area contributed by atoms with E-state index >= 15 is 0 Å². The fraction of sp³-hybridized carbons (Fsp3) is 0.440. The third-order valence-electron chi connectivity index (χ3n) is 6.69. The van der Waals surface area contributed by atoms with Gasteiger partial charge in [0.15, 0.2) is 6.10 Å². The first kappa shape index (κ1) is 26.8. The van der Waals surface area contributed by atoms with E-state index in [0.29, 0.717) is 5.56 Å². The number of aliphatic carboxylic acids is 1. The molecular weight excluding hydrogens is 492 g/mol. The van der Waals surface area contributed by atoms with E-state index in [-0.39, 0.29) is 23.3 Å². The van der Waals surface area contributed by atoms with Crippen LogP contribution in [0.3, 0.4) is 0 Å². The summed E-state index contributed by atoms with van der Waals surface area (Å²) in [6.07, 6.45) is -6.44. The highest BCUT2D eigenvalue weighted by Gasteiger charge is 2.53. The van der Waals surface area contributed by atoms with Crippen molar-refractivity contribution in [3.8, 4) is 5.75 Å². The lowest BCUT2D eigenvalue weighted by atomic mass is 9.85. The lowest BCUT2D eigenvalue weighted by Gasteiger charge is -2.43. The van der Waals surface area contributed by atoms with E-state index in [1.807, 2.05) is 0 Å². The van der Waals surface area contributed by atoms with Crippen LogP contribution in [0.5, 0.6) is 5.75 Å². The molecule has 0 unspecified atom stereocenters. The second-order valence-electron chi connectivity index (χ2n) is 9.01. The number of hydrogen-bond acceptors (Lipinski definition) is 11. The van der Waals surface area contributed by atoms with E-state index in [1.165, 1.54) is 18.2 Å². The Hall–Kier alpha value is -3.26. The van der Waals surface area contributed by atoms with Gasteiger partial charge < -0.3 is 49.6 Å². The largest absolute Gasteiger partial charge is 0.508 e. The van der Waals surface area contributed by atoms with Gasteiger partial charge >= 0.3 is 11.9 Å². The number of fused-ring (bicyclic) bond motifs is 1. The molecule has 37 heavy (non-hydrogen) atoms. The van der Waals surface area contributed by atoms with E-state index in [2.05, 4.69) is 6.58 Å². The standard InChI is InChI=1S/C25H28O12/c1-11-16(28)8-14-15(23(32)33)10-34-24(19(11)14)37-25-22(21(31)20(30)17(9-26)35-25)36-18(29)7-4-12-2-5-13(27)6-3-12/h2-7,10,14,16-17,19-22,24-28,30-31H,1,8-9H2,(H,32,33)/t14-,16+,17-,19+,20+,21+,22+,24-,25-/m0/s1. The lowest BCUT2D eigenvalue weighted by Crippen LogP contribution is -2.61. The fourth-order valence-corrected chi connectivity index (χ4v) is 4.69. The molecule has 1 aromatic rings. The Balaban J connectivity index is 1.54. The molecule has 12 nitrogen and oxygen atoms in total. The van der Waals surface area contributed by atoms with Gasteiger partial charge in [0.1, 0.15) is 24.1 Å². The Bertz CT molecular complexity index is 1080. The molecule has 2 aliphatic heterocycles. The van der Waals surface area contributed by atoms with Gasteiger partial charge in [0.25, 0.3) is 0 Å². The number of ether oxygens (including phenoxy) is 4. The molecule has 2 fully saturated rings. The van der Waals surface area contributed by atoms with Crippen molar-refractivity contribution in [3.63, 3.8) is 0 Å². The number of aliphatic hydroxyl groups is 4. The van der Waals surface area contributed by atoms with Crippen LogP contribution < -0.4 is 0 Å².